The molecule has 0 heterocycles. The minimum absolute atomic E-state index is 0.0896. The number of carbonyl (C=O) groups excluding carboxylic acids is 4. The lowest BCUT2D eigenvalue weighted by atomic mass is 9.98. The molecule has 0 radical (unpaired) electrons. The summed E-state index contributed by atoms with van der Waals surface area (Å²) in [4.78, 5) is 53.6. The molecule has 3 amide bonds. The van der Waals surface area contributed by atoms with Crippen LogP contribution in [0, 0.1) is 12.8 Å². The van der Waals surface area contributed by atoms with Gasteiger partial charge in [0.25, 0.3) is 0 Å². The predicted octanol–water partition coefficient (Wildman–Crippen LogP) is 4.67. The summed E-state index contributed by atoms with van der Waals surface area (Å²) in [5.74, 6) is -1.37. The van der Waals surface area contributed by atoms with E-state index in [1.54, 1.807) is 20.8 Å². The van der Waals surface area contributed by atoms with Gasteiger partial charge in [0.15, 0.2) is 0 Å². The van der Waals surface area contributed by atoms with Crippen molar-refractivity contribution < 1.29 is 28.7 Å². The fourth-order valence-corrected chi connectivity index (χ4v) is 3.97. The molecule has 0 saturated heterocycles. The van der Waals surface area contributed by atoms with Crippen LogP contribution in [0.15, 0.2) is 24.3 Å². The predicted molar refractivity (Wildman–Crippen MR) is 147 cm³/mol. The number of alkyl carbamates (subject to hydrolysis) is 1. The summed E-state index contributed by atoms with van der Waals surface area (Å²) < 4.78 is 10.1. The SMILES string of the molecule is CCCCCCN(C(=O)C(CC(C)C)NC(=O)OC(C)(C)C)C(C(=O)NCC(=O)OC)c1ccc(C)cc1. The van der Waals surface area contributed by atoms with Gasteiger partial charge in [-0.05, 0) is 52.0 Å². The Morgan fingerprint density at radius 2 is 1.63 bits per heavy atom. The van der Waals surface area contributed by atoms with Gasteiger partial charge < -0.3 is 25.0 Å². The number of nitrogens with zero attached hydrogens (tertiary/aromatic N) is 1. The molecule has 0 spiro atoms. The molecule has 2 N–H and O–H groups in total. The van der Waals surface area contributed by atoms with Crippen molar-refractivity contribution in [2.75, 3.05) is 20.2 Å². The van der Waals surface area contributed by atoms with E-state index in [0.717, 1.165) is 24.8 Å². The van der Waals surface area contributed by atoms with Crippen molar-refractivity contribution in [1.82, 2.24) is 15.5 Å². The topological polar surface area (TPSA) is 114 Å². The molecule has 2 unspecified atom stereocenters. The zero-order valence-corrected chi connectivity index (χ0v) is 24.4. The van der Waals surface area contributed by atoms with Gasteiger partial charge in [0, 0.05) is 6.54 Å². The normalized spacial score (nSPS) is 12.9. The average molecular weight is 534 g/mol. The first-order valence-corrected chi connectivity index (χ1v) is 13.5. The van der Waals surface area contributed by atoms with Crippen LogP contribution >= 0.6 is 0 Å². The van der Waals surface area contributed by atoms with Crippen LogP contribution in [0.25, 0.3) is 0 Å². The first-order chi connectivity index (χ1) is 17.8. The Morgan fingerprint density at radius 3 is 2.16 bits per heavy atom. The molecule has 9 nitrogen and oxygen atoms in total. The second-order valence-electron chi connectivity index (χ2n) is 11.0. The number of benzene rings is 1. The largest absolute Gasteiger partial charge is 0.468 e. The van der Waals surface area contributed by atoms with Crippen LogP contribution in [0.3, 0.4) is 0 Å². The van der Waals surface area contributed by atoms with Crippen molar-refractivity contribution in [3.63, 3.8) is 0 Å². The number of amides is 3. The van der Waals surface area contributed by atoms with Crippen molar-refractivity contribution in [1.29, 1.82) is 0 Å². The lowest BCUT2D eigenvalue weighted by molar-refractivity contribution is -0.145. The molecule has 0 fully saturated rings. The zero-order chi connectivity index (χ0) is 28.9. The number of nitrogens with one attached hydrogen (secondary N) is 2. The maximum atomic E-state index is 14.1. The van der Waals surface area contributed by atoms with Crippen molar-refractivity contribution in [2.24, 2.45) is 5.92 Å². The van der Waals surface area contributed by atoms with E-state index in [0.29, 0.717) is 24.9 Å². The van der Waals surface area contributed by atoms with E-state index in [-0.39, 0.29) is 18.4 Å². The number of unbranched alkanes of at least 4 members (excludes halogenated alkanes) is 3. The Kier molecular flexibility index (Phi) is 13.9. The summed E-state index contributed by atoms with van der Waals surface area (Å²) in [6.07, 6.45) is 3.27. The van der Waals surface area contributed by atoms with Crippen LogP contribution in [0.4, 0.5) is 4.79 Å². The Hall–Kier alpha value is -3.10. The van der Waals surface area contributed by atoms with Gasteiger partial charge in [0.2, 0.25) is 11.8 Å². The van der Waals surface area contributed by atoms with Gasteiger partial charge in [-0.2, -0.15) is 0 Å². The van der Waals surface area contributed by atoms with E-state index < -0.39 is 35.7 Å². The highest BCUT2D eigenvalue weighted by molar-refractivity contribution is 5.93. The molecule has 0 aliphatic heterocycles. The van der Waals surface area contributed by atoms with Crippen LogP contribution in [0.5, 0.6) is 0 Å². The van der Waals surface area contributed by atoms with Gasteiger partial charge in [-0.25, -0.2) is 4.79 Å². The third kappa shape index (κ3) is 12.0. The summed E-state index contributed by atoms with van der Waals surface area (Å²) in [5.41, 5.74) is 0.892. The molecule has 0 aliphatic rings. The molecular weight excluding hydrogens is 486 g/mol. The summed E-state index contributed by atoms with van der Waals surface area (Å²) >= 11 is 0. The van der Waals surface area contributed by atoms with E-state index in [1.165, 1.54) is 12.0 Å². The highest BCUT2D eigenvalue weighted by Crippen LogP contribution is 2.25. The Labute approximate surface area is 228 Å². The molecule has 0 bridgehead atoms. The first kappa shape index (κ1) is 32.9. The number of hydrogen-bond acceptors (Lipinski definition) is 6. The number of aryl methyl sites for hydroxylation is 1. The van der Waals surface area contributed by atoms with E-state index in [2.05, 4.69) is 22.3 Å². The number of methoxy groups -OCH3 is 1. The lowest BCUT2D eigenvalue weighted by Gasteiger charge is -2.35. The minimum atomic E-state index is -0.996. The van der Waals surface area contributed by atoms with Gasteiger partial charge in [0.1, 0.15) is 24.2 Å². The van der Waals surface area contributed by atoms with E-state index in [1.807, 2.05) is 45.0 Å². The molecule has 2 atom stereocenters. The summed E-state index contributed by atoms with van der Waals surface area (Å²) in [5, 5.41) is 5.36. The summed E-state index contributed by atoms with van der Waals surface area (Å²) in [6, 6.07) is 5.48. The second kappa shape index (κ2) is 16.0. The van der Waals surface area contributed by atoms with E-state index in [9.17, 15) is 19.2 Å². The molecule has 1 aromatic rings. The summed E-state index contributed by atoms with van der Waals surface area (Å²) in [6.45, 7) is 13.2. The molecule has 9 heteroatoms. The molecule has 214 valence electrons. The Balaban J connectivity index is 3.46. The molecule has 1 aromatic carbocycles. The second-order valence-corrected chi connectivity index (χ2v) is 11.0. The quantitative estimate of drug-likeness (QED) is 0.265. The zero-order valence-electron chi connectivity index (χ0n) is 24.4. The van der Waals surface area contributed by atoms with Gasteiger partial charge >= 0.3 is 12.1 Å². The minimum Gasteiger partial charge on any atom is -0.468 e. The number of esters is 1. The maximum Gasteiger partial charge on any atom is 0.408 e. The van der Waals surface area contributed by atoms with Crippen molar-refractivity contribution in [3.05, 3.63) is 35.4 Å². The highest BCUT2D eigenvalue weighted by atomic mass is 16.6. The van der Waals surface area contributed by atoms with Gasteiger partial charge in [-0.15, -0.1) is 0 Å². The number of hydrogen-bond donors (Lipinski definition) is 2. The maximum absolute atomic E-state index is 14.1. The number of ether oxygens (including phenoxy) is 2. The molecule has 0 saturated carbocycles. The molecule has 1 rings (SSSR count). The Morgan fingerprint density at radius 1 is 1.00 bits per heavy atom. The van der Waals surface area contributed by atoms with E-state index >= 15 is 0 Å². The van der Waals surface area contributed by atoms with E-state index in [4.69, 9.17) is 4.74 Å². The molecule has 0 aromatic heterocycles. The smallest absolute Gasteiger partial charge is 0.408 e. The van der Waals surface area contributed by atoms with Crippen molar-refractivity contribution in [3.8, 4) is 0 Å². The molecule has 0 aliphatic carbocycles. The van der Waals surface area contributed by atoms with Gasteiger partial charge in [-0.3, -0.25) is 14.4 Å². The van der Waals surface area contributed by atoms with Crippen LogP contribution in [-0.4, -0.2) is 60.6 Å². The number of rotatable bonds is 14. The van der Waals surface area contributed by atoms with Crippen molar-refractivity contribution in [2.45, 2.75) is 98.3 Å². The molecular formula is C29H47N3O6. The fourth-order valence-electron chi connectivity index (χ4n) is 3.97. The standard InChI is InChI=1S/C29H47N3O6/c1-9-10-11-12-17-32(27(35)23(18-20(2)3)31-28(36)38-29(5,6)7)25(22-15-13-21(4)14-16-22)26(34)30-19-24(33)37-8/h13-16,20,23,25H,9-12,17-19H2,1-8H3,(H,30,34)(H,31,36). The number of carbonyl (C=O) groups is 4. The van der Waals surface area contributed by atoms with Crippen LogP contribution in [0.2, 0.25) is 0 Å². The lowest BCUT2D eigenvalue weighted by Crippen LogP contribution is -2.54. The van der Waals surface area contributed by atoms with Crippen LogP contribution in [0.1, 0.15) is 90.8 Å². The average Bonchev–Trinajstić information content (AvgIpc) is 2.82. The van der Waals surface area contributed by atoms with Crippen LogP contribution in [-0.2, 0) is 23.9 Å². The first-order valence-electron chi connectivity index (χ1n) is 13.5. The van der Waals surface area contributed by atoms with Gasteiger partial charge in [-0.1, -0.05) is 69.9 Å². The monoisotopic (exact) mass is 533 g/mol. The highest BCUT2D eigenvalue weighted by Gasteiger charge is 2.36. The van der Waals surface area contributed by atoms with Crippen molar-refractivity contribution >= 4 is 23.9 Å². The fraction of sp³-hybridized carbons (Fsp3) is 0.655. The van der Waals surface area contributed by atoms with Crippen LogP contribution < -0.4 is 10.6 Å². The third-order valence-corrected chi connectivity index (χ3v) is 5.82. The van der Waals surface area contributed by atoms with Gasteiger partial charge in [0.05, 0.1) is 7.11 Å². The molecule has 38 heavy (non-hydrogen) atoms. The third-order valence-electron chi connectivity index (χ3n) is 5.82. The Bertz CT molecular complexity index is 908. The summed E-state index contributed by atoms with van der Waals surface area (Å²) in [7, 11) is 1.24.